The van der Waals surface area contributed by atoms with Gasteiger partial charge in [-0.25, -0.2) is 0 Å². The minimum absolute atomic E-state index is 0.0331. The number of allylic oxidation sites excluding steroid dienone is 1. The van der Waals surface area contributed by atoms with E-state index in [2.05, 4.69) is 0 Å². The van der Waals surface area contributed by atoms with Crippen LogP contribution in [-0.4, -0.2) is 27.7 Å². The van der Waals surface area contributed by atoms with E-state index in [9.17, 15) is 15.0 Å². The Morgan fingerprint density at radius 3 is 2.79 bits per heavy atom. The highest BCUT2D eigenvalue weighted by atomic mass is 16.3. The second kappa shape index (κ2) is 4.07. The van der Waals surface area contributed by atoms with Gasteiger partial charge >= 0.3 is 0 Å². The lowest BCUT2D eigenvalue weighted by Crippen LogP contribution is -2.19. The van der Waals surface area contributed by atoms with Gasteiger partial charge in [0.05, 0.1) is 11.7 Å². The van der Waals surface area contributed by atoms with Gasteiger partial charge in [-0.15, -0.1) is 0 Å². The number of aliphatic hydroxyl groups excluding tert-OH is 1. The van der Waals surface area contributed by atoms with Crippen LogP contribution >= 0.6 is 0 Å². The zero-order chi connectivity index (χ0) is 10.8. The van der Waals surface area contributed by atoms with Crippen molar-refractivity contribution in [2.45, 2.75) is 38.4 Å². The average molecular weight is 196 g/mol. The Balaban J connectivity index is 2.76. The van der Waals surface area contributed by atoms with Crippen molar-refractivity contribution in [1.82, 2.24) is 0 Å². The average Bonchev–Trinajstić information content (AvgIpc) is 2.05. The van der Waals surface area contributed by atoms with Crippen LogP contribution in [0.1, 0.15) is 26.7 Å². The molecule has 0 spiro atoms. The lowest BCUT2D eigenvalue weighted by molar-refractivity contribution is -0.115. The molecule has 0 radical (unpaired) electrons. The van der Waals surface area contributed by atoms with Gasteiger partial charge in [0.15, 0.2) is 5.78 Å². The Labute approximate surface area is 83.8 Å². The van der Waals surface area contributed by atoms with E-state index >= 15 is 0 Å². The highest BCUT2D eigenvalue weighted by molar-refractivity contribution is 5.92. The van der Waals surface area contributed by atoms with Crippen molar-refractivity contribution in [3.8, 4) is 0 Å². The highest BCUT2D eigenvalue weighted by Crippen LogP contribution is 2.18. The summed E-state index contributed by atoms with van der Waals surface area (Å²) in [6.45, 7) is 3.28. The molecule has 3 nitrogen and oxygen atoms in total. The number of aliphatic hydroxyl groups is 2. The van der Waals surface area contributed by atoms with Crippen molar-refractivity contribution in [3.63, 3.8) is 0 Å². The smallest absolute Gasteiger partial charge is 0.156 e. The standard InChI is InChI=1S/C11H16O3/c1-11(2,14)6-5-8-7-9(12)3-4-10(8)13/h5-7,10,13-14H,3-4H2,1-2H3/b6-5+. The molecule has 1 aliphatic carbocycles. The Kier molecular flexibility index (Phi) is 3.24. The summed E-state index contributed by atoms with van der Waals surface area (Å²) in [4.78, 5) is 11.1. The van der Waals surface area contributed by atoms with E-state index in [1.807, 2.05) is 0 Å². The molecule has 0 aromatic heterocycles. The number of carbonyl (C=O) groups is 1. The first-order valence-electron chi connectivity index (χ1n) is 4.72. The van der Waals surface area contributed by atoms with Gasteiger partial charge in [0.1, 0.15) is 0 Å². The van der Waals surface area contributed by atoms with Gasteiger partial charge in [-0.2, -0.15) is 0 Å². The molecule has 0 amide bonds. The van der Waals surface area contributed by atoms with Crippen molar-refractivity contribution in [1.29, 1.82) is 0 Å². The van der Waals surface area contributed by atoms with Gasteiger partial charge in [-0.3, -0.25) is 4.79 Å². The molecule has 0 saturated heterocycles. The summed E-state index contributed by atoms with van der Waals surface area (Å²) in [6.07, 6.45) is 4.92. The van der Waals surface area contributed by atoms with Gasteiger partial charge in [-0.1, -0.05) is 12.2 Å². The summed E-state index contributed by atoms with van der Waals surface area (Å²) in [5.41, 5.74) is -0.329. The van der Waals surface area contributed by atoms with Crippen LogP contribution in [0.25, 0.3) is 0 Å². The summed E-state index contributed by atoms with van der Waals surface area (Å²) in [5.74, 6) is 0.0331. The molecule has 1 unspecified atom stereocenters. The van der Waals surface area contributed by atoms with Crippen molar-refractivity contribution < 1.29 is 15.0 Å². The summed E-state index contributed by atoms with van der Waals surface area (Å²) >= 11 is 0. The van der Waals surface area contributed by atoms with Crippen LogP contribution in [0.5, 0.6) is 0 Å². The first-order valence-corrected chi connectivity index (χ1v) is 4.72. The number of hydrogen-bond donors (Lipinski definition) is 2. The van der Waals surface area contributed by atoms with Crippen LogP contribution in [-0.2, 0) is 4.79 Å². The zero-order valence-electron chi connectivity index (χ0n) is 8.53. The summed E-state index contributed by atoms with van der Waals surface area (Å²) in [5, 5.41) is 19.0. The Morgan fingerprint density at radius 2 is 2.21 bits per heavy atom. The van der Waals surface area contributed by atoms with E-state index in [0.29, 0.717) is 18.4 Å². The molecule has 0 heterocycles. The predicted molar refractivity (Wildman–Crippen MR) is 53.8 cm³/mol. The number of ketones is 1. The molecular formula is C11H16O3. The molecular weight excluding hydrogens is 180 g/mol. The van der Waals surface area contributed by atoms with E-state index in [1.165, 1.54) is 6.08 Å². The zero-order valence-corrected chi connectivity index (χ0v) is 8.53. The molecule has 0 saturated carbocycles. The fourth-order valence-corrected chi connectivity index (χ4v) is 1.26. The molecule has 14 heavy (non-hydrogen) atoms. The van der Waals surface area contributed by atoms with Gasteiger partial charge in [0.2, 0.25) is 0 Å². The fraction of sp³-hybridized carbons (Fsp3) is 0.545. The Morgan fingerprint density at radius 1 is 1.57 bits per heavy atom. The molecule has 1 rings (SSSR count). The molecule has 1 aliphatic rings. The normalized spacial score (nSPS) is 24.1. The number of rotatable bonds is 2. The maximum Gasteiger partial charge on any atom is 0.156 e. The maximum atomic E-state index is 11.1. The van der Waals surface area contributed by atoms with Crippen LogP contribution in [0.15, 0.2) is 23.8 Å². The molecule has 3 heteroatoms. The largest absolute Gasteiger partial charge is 0.388 e. The quantitative estimate of drug-likeness (QED) is 0.691. The fourth-order valence-electron chi connectivity index (χ4n) is 1.26. The van der Waals surface area contributed by atoms with Crippen LogP contribution < -0.4 is 0 Å². The van der Waals surface area contributed by atoms with E-state index < -0.39 is 11.7 Å². The van der Waals surface area contributed by atoms with E-state index in [0.717, 1.165) is 0 Å². The lowest BCUT2D eigenvalue weighted by atomic mass is 9.94. The molecule has 0 fully saturated rings. The Hall–Kier alpha value is -0.930. The Bertz CT molecular complexity index is 281. The second-order valence-electron chi connectivity index (χ2n) is 4.15. The van der Waals surface area contributed by atoms with Gasteiger partial charge in [0, 0.05) is 6.42 Å². The summed E-state index contributed by atoms with van der Waals surface area (Å²) in [6, 6.07) is 0. The van der Waals surface area contributed by atoms with Crippen LogP contribution in [0.2, 0.25) is 0 Å². The monoisotopic (exact) mass is 196 g/mol. The molecule has 0 bridgehead atoms. The second-order valence-corrected chi connectivity index (χ2v) is 4.15. The third-order valence-corrected chi connectivity index (χ3v) is 2.06. The van der Waals surface area contributed by atoms with E-state index in [-0.39, 0.29) is 5.78 Å². The van der Waals surface area contributed by atoms with Crippen molar-refractivity contribution in [2.75, 3.05) is 0 Å². The molecule has 78 valence electrons. The van der Waals surface area contributed by atoms with Gasteiger partial charge in [0.25, 0.3) is 0 Å². The molecule has 0 aromatic rings. The minimum atomic E-state index is -0.916. The molecule has 0 aliphatic heterocycles. The SMILES string of the molecule is CC(C)(O)/C=C/C1=CC(=O)CCC1O. The van der Waals surface area contributed by atoms with Crippen LogP contribution in [0.3, 0.4) is 0 Å². The number of carbonyl (C=O) groups excluding carboxylic acids is 1. The highest BCUT2D eigenvalue weighted by Gasteiger charge is 2.17. The predicted octanol–water partition coefficient (Wildman–Crippen LogP) is 0.964. The van der Waals surface area contributed by atoms with Crippen LogP contribution in [0, 0.1) is 0 Å². The lowest BCUT2D eigenvalue weighted by Gasteiger charge is -2.17. The molecule has 2 N–H and O–H groups in total. The third-order valence-electron chi connectivity index (χ3n) is 2.06. The first kappa shape index (κ1) is 11.1. The van der Waals surface area contributed by atoms with E-state index in [4.69, 9.17) is 0 Å². The molecule has 0 aromatic carbocycles. The van der Waals surface area contributed by atoms with Crippen molar-refractivity contribution in [3.05, 3.63) is 23.8 Å². The third kappa shape index (κ3) is 3.44. The maximum absolute atomic E-state index is 11.1. The summed E-state index contributed by atoms with van der Waals surface area (Å²) in [7, 11) is 0. The topological polar surface area (TPSA) is 57.5 Å². The van der Waals surface area contributed by atoms with E-state index in [1.54, 1.807) is 26.0 Å². The first-order chi connectivity index (χ1) is 6.38. The van der Waals surface area contributed by atoms with Crippen LogP contribution in [0.4, 0.5) is 0 Å². The van der Waals surface area contributed by atoms with Crippen molar-refractivity contribution >= 4 is 5.78 Å². The summed E-state index contributed by atoms with van der Waals surface area (Å²) < 4.78 is 0. The van der Waals surface area contributed by atoms with Gasteiger partial charge < -0.3 is 10.2 Å². The minimum Gasteiger partial charge on any atom is -0.388 e. The van der Waals surface area contributed by atoms with Crippen molar-refractivity contribution in [2.24, 2.45) is 0 Å². The van der Waals surface area contributed by atoms with Gasteiger partial charge in [-0.05, 0) is 31.9 Å². The molecule has 1 atom stereocenters. The number of hydrogen-bond acceptors (Lipinski definition) is 3.